The average Bonchev–Trinajstić information content (AvgIpc) is 3.30. The third-order valence-electron chi connectivity index (χ3n) is 6.91. The molecule has 0 unspecified atom stereocenters. The van der Waals surface area contributed by atoms with Crippen LogP contribution < -0.4 is 25.0 Å². The summed E-state index contributed by atoms with van der Waals surface area (Å²) in [5, 5.41) is 6.62. The maximum atomic E-state index is 15.2. The van der Waals surface area contributed by atoms with Crippen LogP contribution in [0.5, 0.6) is 11.5 Å². The third kappa shape index (κ3) is 4.93. The lowest BCUT2D eigenvalue weighted by Crippen LogP contribution is -2.54. The van der Waals surface area contributed by atoms with Crippen molar-refractivity contribution in [2.75, 3.05) is 32.2 Å². The van der Waals surface area contributed by atoms with E-state index >= 15 is 4.39 Å². The number of rotatable bonds is 5. The van der Waals surface area contributed by atoms with Crippen molar-refractivity contribution < 1.29 is 18.7 Å². The second kappa shape index (κ2) is 10.6. The van der Waals surface area contributed by atoms with Gasteiger partial charge in [-0.25, -0.2) is 4.39 Å². The number of halogens is 2. The van der Waals surface area contributed by atoms with Crippen LogP contribution in [0.3, 0.4) is 0 Å². The third-order valence-corrected chi connectivity index (χ3v) is 7.29. The maximum absolute atomic E-state index is 15.2. The SMILES string of the molecule is COc1cc(OC)c(Cl)c(-c2ccc3c(c2)CN=C3NC(=O)c2ccc(N3C[C@@H](C)N[C@@H](C)C3)cc2)c1F. The van der Waals surface area contributed by atoms with E-state index in [0.717, 1.165) is 29.9 Å². The molecule has 0 aliphatic carbocycles. The monoisotopic (exact) mass is 536 g/mol. The maximum Gasteiger partial charge on any atom is 0.256 e. The van der Waals surface area contributed by atoms with Gasteiger partial charge in [-0.2, -0.15) is 0 Å². The van der Waals surface area contributed by atoms with Gasteiger partial charge < -0.3 is 25.0 Å². The lowest BCUT2D eigenvalue weighted by Gasteiger charge is -2.37. The topological polar surface area (TPSA) is 75.2 Å². The summed E-state index contributed by atoms with van der Waals surface area (Å²) in [6.07, 6.45) is 0. The van der Waals surface area contributed by atoms with Crippen molar-refractivity contribution in [2.24, 2.45) is 4.99 Å². The normalized spacial score (nSPS) is 18.6. The summed E-state index contributed by atoms with van der Waals surface area (Å²) in [5.74, 6) is 0.0366. The molecule has 198 valence electrons. The summed E-state index contributed by atoms with van der Waals surface area (Å²) >= 11 is 6.46. The molecule has 2 aliphatic heterocycles. The summed E-state index contributed by atoms with van der Waals surface area (Å²) in [4.78, 5) is 19.9. The van der Waals surface area contributed by atoms with Crippen molar-refractivity contribution in [3.8, 4) is 22.6 Å². The molecular formula is C29H30ClFN4O3. The number of benzene rings is 3. The van der Waals surface area contributed by atoms with Crippen LogP contribution in [0.15, 0.2) is 53.5 Å². The van der Waals surface area contributed by atoms with Crippen molar-refractivity contribution >= 4 is 29.0 Å². The molecule has 0 aromatic heterocycles. The summed E-state index contributed by atoms with van der Waals surface area (Å²) in [6, 6.07) is 15.3. The first-order chi connectivity index (χ1) is 18.3. The van der Waals surface area contributed by atoms with Crippen LogP contribution in [-0.4, -0.2) is 51.1 Å². The van der Waals surface area contributed by atoms with Gasteiger partial charge in [-0.15, -0.1) is 0 Å². The van der Waals surface area contributed by atoms with E-state index in [4.69, 9.17) is 21.1 Å². The molecular weight excluding hydrogens is 507 g/mol. The molecule has 0 bridgehead atoms. The Hall–Kier alpha value is -3.62. The number of carbonyl (C=O) groups is 1. The molecule has 2 heterocycles. The Balaban J connectivity index is 1.33. The molecule has 0 radical (unpaired) electrons. The quantitative estimate of drug-likeness (QED) is 0.478. The number of piperazine rings is 1. The molecule has 38 heavy (non-hydrogen) atoms. The van der Waals surface area contributed by atoms with Gasteiger partial charge in [0.2, 0.25) is 0 Å². The van der Waals surface area contributed by atoms with E-state index < -0.39 is 5.82 Å². The van der Waals surface area contributed by atoms with E-state index in [-0.39, 0.29) is 22.2 Å². The number of aliphatic imine (C=N–C) groups is 1. The van der Waals surface area contributed by atoms with Crippen LogP contribution in [0.25, 0.3) is 11.1 Å². The van der Waals surface area contributed by atoms with Crippen LogP contribution in [0.1, 0.15) is 35.3 Å². The molecule has 9 heteroatoms. The lowest BCUT2D eigenvalue weighted by atomic mass is 9.98. The van der Waals surface area contributed by atoms with Gasteiger partial charge in [0.05, 0.1) is 25.8 Å². The molecule has 0 spiro atoms. The van der Waals surface area contributed by atoms with Crippen molar-refractivity contribution in [3.63, 3.8) is 0 Å². The minimum absolute atomic E-state index is 0.0398. The van der Waals surface area contributed by atoms with Gasteiger partial charge in [0.25, 0.3) is 5.91 Å². The van der Waals surface area contributed by atoms with E-state index in [0.29, 0.717) is 41.3 Å². The molecule has 2 atom stereocenters. The average molecular weight is 537 g/mol. The van der Waals surface area contributed by atoms with E-state index in [1.54, 1.807) is 6.07 Å². The van der Waals surface area contributed by atoms with Crippen molar-refractivity contribution in [2.45, 2.75) is 32.5 Å². The number of hydrogen-bond acceptors (Lipinski definition) is 6. The standard InChI is InChI=1S/C29H30ClFN4O3/c1-16-14-35(15-17(2)33-16)21-8-5-18(6-9-21)29(36)34-28-22-10-7-19(11-20(22)13-32-28)25-26(30)23(37-3)12-24(38-4)27(25)31/h5-12,16-17,33H,13-15H2,1-4H3,(H,32,34,36)/t16-,17+. The smallest absolute Gasteiger partial charge is 0.256 e. The molecule has 1 saturated heterocycles. The fourth-order valence-electron chi connectivity index (χ4n) is 5.15. The predicted octanol–water partition coefficient (Wildman–Crippen LogP) is 5.04. The number of nitrogens with one attached hydrogen (secondary N) is 2. The van der Waals surface area contributed by atoms with E-state index in [9.17, 15) is 4.79 Å². The van der Waals surface area contributed by atoms with Gasteiger partial charge in [0, 0.05) is 53.6 Å². The summed E-state index contributed by atoms with van der Waals surface area (Å²) in [6.45, 7) is 6.54. The number of anilines is 1. The van der Waals surface area contributed by atoms with Crippen molar-refractivity contribution in [1.82, 2.24) is 10.6 Å². The van der Waals surface area contributed by atoms with E-state index in [1.807, 2.05) is 36.4 Å². The highest BCUT2D eigenvalue weighted by Crippen LogP contribution is 2.42. The Bertz CT molecular complexity index is 1370. The summed E-state index contributed by atoms with van der Waals surface area (Å²) in [7, 11) is 2.86. The number of carbonyl (C=O) groups excluding carboxylic acids is 1. The lowest BCUT2D eigenvalue weighted by molar-refractivity contribution is 0.0977. The van der Waals surface area contributed by atoms with E-state index in [1.165, 1.54) is 20.3 Å². The number of hydrogen-bond donors (Lipinski definition) is 2. The first kappa shape index (κ1) is 26.0. The molecule has 2 N–H and O–H groups in total. The first-order valence-corrected chi connectivity index (χ1v) is 12.9. The molecule has 5 rings (SSSR count). The summed E-state index contributed by atoms with van der Waals surface area (Å²) in [5.41, 5.74) is 4.05. The Kier molecular flexibility index (Phi) is 7.27. The Morgan fingerprint density at radius 3 is 2.39 bits per heavy atom. The van der Waals surface area contributed by atoms with Crippen LogP contribution in [0.4, 0.5) is 10.1 Å². The van der Waals surface area contributed by atoms with Crippen LogP contribution >= 0.6 is 11.6 Å². The first-order valence-electron chi connectivity index (χ1n) is 12.5. The zero-order valence-corrected chi connectivity index (χ0v) is 22.5. The number of methoxy groups -OCH3 is 2. The summed E-state index contributed by atoms with van der Waals surface area (Å²) < 4.78 is 25.6. The number of amidine groups is 1. The van der Waals surface area contributed by atoms with E-state index in [2.05, 4.69) is 34.4 Å². The Labute approximate surface area is 226 Å². The molecule has 2 aliphatic rings. The Morgan fingerprint density at radius 1 is 1.05 bits per heavy atom. The zero-order valence-electron chi connectivity index (χ0n) is 21.8. The van der Waals surface area contributed by atoms with Gasteiger partial charge >= 0.3 is 0 Å². The molecule has 3 aromatic carbocycles. The van der Waals surface area contributed by atoms with Gasteiger partial charge in [0.15, 0.2) is 11.6 Å². The van der Waals surface area contributed by atoms with Crippen LogP contribution in [-0.2, 0) is 6.54 Å². The van der Waals surface area contributed by atoms with Crippen LogP contribution in [0, 0.1) is 5.82 Å². The number of fused-ring (bicyclic) bond motifs is 1. The largest absolute Gasteiger partial charge is 0.495 e. The second-order valence-electron chi connectivity index (χ2n) is 9.70. The number of nitrogens with zero attached hydrogens (tertiary/aromatic N) is 2. The Morgan fingerprint density at radius 2 is 1.74 bits per heavy atom. The number of ether oxygens (including phenoxy) is 2. The molecule has 0 saturated carbocycles. The van der Waals surface area contributed by atoms with Crippen molar-refractivity contribution in [3.05, 3.63) is 76.1 Å². The molecule has 7 nitrogen and oxygen atoms in total. The zero-order chi connectivity index (χ0) is 27.0. The minimum atomic E-state index is -0.570. The fourth-order valence-corrected chi connectivity index (χ4v) is 5.47. The predicted molar refractivity (Wildman–Crippen MR) is 148 cm³/mol. The molecule has 1 amide bonds. The molecule has 3 aromatic rings. The van der Waals surface area contributed by atoms with Gasteiger partial charge in [-0.3, -0.25) is 9.79 Å². The van der Waals surface area contributed by atoms with Gasteiger partial charge in [0.1, 0.15) is 11.6 Å². The highest BCUT2D eigenvalue weighted by Gasteiger charge is 2.24. The second-order valence-corrected chi connectivity index (χ2v) is 10.1. The van der Waals surface area contributed by atoms with Gasteiger partial charge in [-0.1, -0.05) is 23.7 Å². The van der Waals surface area contributed by atoms with Crippen LogP contribution in [0.2, 0.25) is 5.02 Å². The fraction of sp³-hybridized carbons (Fsp3) is 0.310. The highest BCUT2D eigenvalue weighted by atomic mass is 35.5. The van der Waals surface area contributed by atoms with Gasteiger partial charge in [-0.05, 0) is 55.3 Å². The van der Waals surface area contributed by atoms with Crippen molar-refractivity contribution in [1.29, 1.82) is 0 Å². The molecule has 1 fully saturated rings. The minimum Gasteiger partial charge on any atom is -0.495 e. The highest BCUT2D eigenvalue weighted by molar-refractivity contribution is 6.35. The number of amides is 1.